The second-order valence-electron chi connectivity index (χ2n) is 8.79. The Balaban J connectivity index is 1.73. The van der Waals surface area contributed by atoms with Gasteiger partial charge in [-0.25, -0.2) is 9.78 Å². The van der Waals surface area contributed by atoms with Crippen LogP contribution in [0.15, 0.2) is 24.4 Å². The first kappa shape index (κ1) is 21.0. The van der Waals surface area contributed by atoms with E-state index < -0.39 is 5.60 Å². The van der Waals surface area contributed by atoms with Crippen molar-refractivity contribution in [2.45, 2.75) is 38.7 Å². The number of nitrogens with zero attached hydrogens (tertiary/aromatic N) is 3. The molecule has 1 aromatic carbocycles. The number of rotatable bonds is 3. The zero-order valence-corrected chi connectivity index (χ0v) is 18.6. The fourth-order valence-corrected chi connectivity index (χ4v) is 3.98. The largest absolute Gasteiger partial charge is 0.493 e. The molecule has 0 radical (unpaired) electrons. The van der Waals surface area contributed by atoms with Gasteiger partial charge in [-0.15, -0.1) is 0 Å². The molecule has 1 atom stereocenters. The summed E-state index contributed by atoms with van der Waals surface area (Å²) in [4.78, 5) is 23.3. The summed E-state index contributed by atoms with van der Waals surface area (Å²) in [6, 6.07) is 5.81. The Labute approximate surface area is 181 Å². The maximum absolute atomic E-state index is 12.4. The molecule has 31 heavy (non-hydrogen) atoms. The van der Waals surface area contributed by atoms with Gasteiger partial charge in [0, 0.05) is 47.7 Å². The number of ether oxygens (including phenoxy) is 3. The van der Waals surface area contributed by atoms with Gasteiger partial charge in [0.1, 0.15) is 11.4 Å². The van der Waals surface area contributed by atoms with Crippen LogP contribution in [0, 0.1) is 0 Å². The van der Waals surface area contributed by atoms with Crippen molar-refractivity contribution in [2.75, 3.05) is 33.0 Å². The number of nitrogen functional groups attached to an aromatic ring is 1. The fraction of sp³-hybridized carbons (Fsp3) is 0.435. The molecule has 4 rings (SSSR count). The maximum atomic E-state index is 12.4. The smallest absolute Gasteiger partial charge is 0.410 e. The zero-order chi connectivity index (χ0) is 22.3. The standard InChI is InChI=1S/C23H28N4O4/c1-23(2,3)31-22(28)27-7-6-13(12-27)17-8-14-15-9-19(29-4)20(30-5)10-18(15)25-11-16(14)21(24)26-17/h8-11,13H,6-7,12H2,1-5H3,(H2,24,26). The summed E-state index contributed by atoms with van der Waals surface area (Å²) in [6.07, 6.45) is 2.24. The third-order valence-corrected chi connectivity index (χ3v) is 5.49. The number of benzene rings is 1. The number of carbonyl (C=O) groups is 1. The molecule has 0 aliphatic carbocycles. The first-order valence-electron chi connectivity index (χ1n) is 10.3. The molecule has 1 saturated heterocycles. The molecule has 164 valence electrons. The predicted molar refractivity (Wildman–Crippen MR) is 120 cm³/mol. The Morgan fingerprint density at radius 1 is 1.10 bits per heavy atom. The molecule has 1 amide bonds. The number of amides is 1. The van der Waals surface area contributed by atoms with Crippen molar-refractivity contribution in [3.8, 4) is 11.5 Å². The van der Waals surface area contributed by atoms with Gasteiger partial charge in [0.25, 0.3) is 0 Å². The number of hydrogen-bond donors (Lipinski definition) is 1. The number of aromatic nitrogens is 2. The molecule has 0 spiro atoms. The van der Waals surface area contributed by atoms with E-state index in [2.05, 4.69) is 9.97 Å². The molecule has 2 aromatic heterocycles. The van der Waals surface area contributed by atoms with E-state index >= 15 is 0 Å². The lowest BCUT2D eigenvalue weighted by Gasteiger charge is -2.24. The highest BCUT2D eigenvalue weighted by atomic mass is 16.6. The van der Waals surface area contributed by atoms with E-state index in [4.69, 9.17) is 19.9 Å². The highest BCUT2D eigenvalue weighted by Gasteiger charge is 2.31. The summed E-state index contributed by atoms with van der Waals surface area (Å²) in [6.45, 7) is 6.78. The van der Waals surface area contributed by atoms with Crippen molar-refractivity contribution in [1.82, 2.24) is 14.9 Å². The monoisotopic (exact) mass is 424 g/mol. The highest BCUT2D eigenvalue weighted by Crippen LogP contribution is 2.37. The van der Waals surface area contributed by atoms with Gasteiger partial charge < -0.3 is 24.8 Å². The summed E-state index contributed by atoms with van der Waals surface area (Å²) in [5.41, 5.74) is 7.43. The summed E-state index contributed by atoms with van der Waals surface area (Å²) >= 11 is 0. The molecule has 8 nitrogen and oxygen atoms in total. The first-order valence-corrected chi connectivity index (χ1v) is 10.3. The van der Waals surface area contributed by atoms with Crippen LogP contribution in [0.5, 0.6) is 11.5 Å². The Morgan fingerprint density at radius 2 is 1.81 bits per heavy atom. The van der Waals surface area contributed by atoms with Crippen molar-refractivity contribution in [3.05, 3.63) is 30.1 Å². The fourth-order valence-electron chi connectivity index (χ4n) is 3.98. The number of carbonyl (C=O) groups excluding carboxylic acids is 1. The number of anilines is 1. The van der Waals surface area contributed by atoms with E-state index in [0.717, 1.165) is 33.8 Å². The second-order valence-corrected chi connectivity index (χ2v) is 8.79. The van der Waals surface area contributed by atoms with Crippen LogP contribution < -0.4 is 15.2 Å². The van der Waals surface area contributed by atoms with E-state index in [1.807, 2.05) is 39.0 Å². The van der Waals surface area contributed by atoms with Gasteiger partial charge >= 0.3 is 6.09 Å². The third kappa shape index (κ3) is 4.02. The molecule has 0 saturated carbocycles. The van der Waals surface area contributed by atoms with Crippen LogP contribution in [0.3, 0.4) is 0 Å². The Morgan fingerprint density at radius 3 is 2.48 bits per heavy atom. The van der Waals surface area contributed by atoms with Gasteiger partial charge in [-0.05, 0) is 44.7 Å². The normalized spacial score (nSPS) is 16.7. The van der Waals surface area contributed by atoms with Gasteiger partial charge in [-0.3, -0.25) is 4.98 Å². The van der Waals surface area contributed by atoms with Crippen LogP contribution in [0.2, 0.25) is 0 Å². The van der Waals surface area contributed by atoms with E-state index in [1.54, 1.807) is 25.3 Å². The van der Waals surface area contributed by atoms with Crippen molar-refractivity contribution >= 4 is 33.6 Å². The van der Waals surface area contributed by atoms with Gasteiger partial charge in [0.05, 0.1) is 19.7 Å². The average Bonchev–Trinajstić information content (AvgIpc) is 3.21. The molecular weight excluding hydrogens is 396 g/mol. The van der Waals surface area contributed by atoms with Crippen LogP contribution in [0.25, 0.3) is 21.7 Å². The van der Waals surface area contributed by atoms with Gasteiger partial charge in [0.15, 0.2) is 11.5 Å². The Hall–Kier alpha value is -3.29. The minimum atomic E-state index is -0.521. The van der Waals surface area contributed by atoms with Crippen LogP contribution >= 0.6 is 0 Å². The van der Waals surface area contributed by atoms with E-state index in [0.29, 0.717) is 30.4 Å². The third-order valence-electron chi connectivity index (χ3n) is 5.49. The number of methoxy groups -OCH3 is 2. The van der Waals surface area contributed by atoms with E-state index in [9.17, 15) is 4.79 Å². The van der Waals surface area contributed by atoms with E-state index in [1.165, 1.54) is 0 Å². The Bertz CT molecular complexity index is 1160. The molecule has 0 bridgehead atoms. The lowest BCUT2D eigenvalue weighted by atomic mass is 9.99. The lowest BCUT2D eigenvalue weighted by molar-refractivity contribution is 0.0292. The molecule has 1 aliphatic rings. The quantitative estimate of drug-likeness (QED) is 0.632. The van der Waals surface area contributed by atoms with Crippen molar-refractivity contribution in [1.29, 1.82) is 0 Å². The van der Waals surface area contributed by atoms with Crippen LogP contribution in [-0.4, -0.2) is 53.9 Å². The Kier molecular flexibility index (Phi) is 5.24. The SMILES string of the molecule is COc1cc2ncc3c(N)nc(C4CCN(C(=O)OC(C)(C)C)C4)cc3c2cc1OC. The highest BCUT2D eigenvalue weighted by molar-refractivity contribution is 6.09. The van der Waals surface area contributed by atoms with Crippen LogP contribution in [0.1, 0.15) is 38.8 Å². The molecule has 3 heterocycles. The molecule has 1 aliphatic heterocycles. The predicted octanol–water partition coefficient (Wildman–Crippen LogP) is 4.11. The summed E-state index contributed by atoms with van der Waals surface area (Å²) in [5.74, 6) is 1.75. The lowest BCUT2D eigenvalue weighted by Crippen LogP contribution is -2.35. The molecule has 1 fully saturated rings. The average molecular weight is 425 g/mol. The second kappa shape index (κ2) is 7.76. The minimum Gasteiger partial charge on any atom is -0.493 e. The van der Waals surface area contributed by atoms with Gasteiger partial charge in [-0.1, -0.05) is 0 Å². The summed E-state index contributed by atoms with van der Waals surface area (Å²) in [7, 11) is 3.20. The van der Waals surface area contributed by atoms with Crippen LogP contribution in [0.4, 0.5) is 10.6 Å². The van der Waals surface area contributed by atoms with E-state index in [-0.39, 0.29) is 12.0 Å². The molecular formula is C23H28N4O4. The molecule has 1 unspecified atom stereocenters. The minimum absolute atomic E-state index is 0.0857. The first-order chi connectivity index (χ1) is 14.7. The molecule has 2 N–H and O–H groups in total. The van der Waals surface area contributed by atoms with Crippen molar-refractivity contribution < 1.29 is 19.0 Å². The number of fused-ring (bicyclic) bond motifs is 3. The van der Waals surface area contributed by atoms with Crippen molar-refractivity contribution in [2.24, 2.45) is 0 Å². The van der Waals surface area contributed by atoms with Gasteiger partial charge in [0.2, 0.25) is 0 Å². The van der Waals surface area contributed by atoms with Crippen LogP contribution in [-0.2, 0) is 4.74 Å². The molecule has 8 heteroatoms. The number of likely N-dealkylation sites (tertiary alicyclic amines) is 1. The summed E-state index contributed by atoms with van der Waals surface area (Å²) in [5, 5.41) is 2.64. The molecule has 3 aromatic rings. The van der Waals surface area contributed by atoms with Gasteiger partial charge in [-0.2, -0.15) is 0 Å². The number of nitrogens with two attached hydrogens (primary N) is 1. The zero-order valence-electron chi connectivity index (χ0n) is 18.6. The maximum Gasteiger partial charge on any atom is 0.410 e. The topological polar surface area (TPSA) is 99.8 Å². The van der Waals surface area contributed by atoms with Crippen molar-refractivity contribution in [3.63, 3.8) is 0 Å². The summed E-state index contributed by atoms with van der Waals surface area (Å²) < 4.78 is 16.4. The number of hydrogen-bond acceptors (Lipinski definition) is 7. The number of pyridine rings is 2.